The molecule has 0 aliphatic carbocycles. The van der Waals surface area contributed by atoms with Gasteiger partial charge in [-0.3, -0.25) is 4.90 Å². The van der Waals surface area contributed by atoms with Crippen molar-refractivity contribution in [3.8, 4) is 0 Å². The van der Waals surface area contributed by atoms with Crippen molar-refractivity contribution < 1.29 is 13.5 Å². The van der Waals surface area contributed by atoms with E-state index in [1.54, 1.807) is 30.6 Å². The van der Waals surface area contributed by atoms with Crippen molar-refractivity contribution in [3.63, 3.8) is 0 Å². The number of halogens is 2. The summed E-state index contributed by atoms with van der Waals surface area (Å²) in [5.74, 6) is -0.869. The first-order valence-corrected chi connectivity index (χ1v) is 9.46. The van der Waals surface area contributed by atoms with E-state index in [2.05, 4.69) is 20.2 Å². The van der Waals surface area contributed by atoms with E-state index < -0.39 is 11.6 Å². The lowest BCUT2D eigenvalue weighted by molar-refractivity contribution is -0.115. The lowest BCUT2D eigenvalue weighted by Crippen LogP contribution is -2.51. The molecule has 2 aromatic rings. The van der Waals surface area contributed by atoms with E-state index in [1.165, 1.54) is 0 Å². The molecule has 4 rings (SSSR count). The van der Waals surface area contributed by atoms with Crippen molar-refractivity contribution in [3.05, 3.63) is 53.9 Å². The van der Waals surface area contributed by atoms with Crippen LogP contribution in [-0.2, 0) is 11.3 Å². The van der Waals surface area contributed by atoms with E-state index in [0.29, 0.717) is 24.7 Å². The fourth-order valence-corrected chi connectivity index (χ4v) is 4.09. The Hall–Kier alpha value is -2.12. The quantitative estimate of drug-likeness (QED) is 0.889. The molecular weight excluding hydrogens is 350 g/mol. The maximum Gasteiger partial charge on any atom is 0.222 e. The molecule has 1 aromatic carbocycles. The first kappa shape index (κ1) is 18.3. The molecular formula is C20H24F2N4O. The zero-order chi connectivity index (χ0) is 18.7. The molecule has 0 saturated carbocycles. The zero-order valence-corrected chi connectivity index (χ0v) is 15.2. The molecule has 1 aromatic heterocycles. The van der Waals surface area contributed by atoms with Gasteiger partial charge >= 0.3 is 0 Å². The van der Waals surface area contributed by atoms with Crippen LogP contribution in [0, 0.1) is 11.6 Å². The average molecular weight is 374 g/mol. The number of benzene rings is 1. The average Bonchev–Trinajstić information content (AvgIpc) is 2.68. The summed E-state index contributed by atoms with van der Waals surface area (Å²) in [5, 5.41) is 3.41. The molecule has 27 heavy (non-hydrogen) atoms. The second-order valence-electron chi connectivity index (χ2n) is 7.43. The van der Waals surface area contributed by atoms with Crippen molar-refractivity contribution in [2.75, 3.05) is 25.0 Å². The van der Waals surface area contributed by atoms with Crippen LogP contribution in [0.2, 0.25) is 0 Å². The van der Waals surface area contributed by atoms with Crippen LogP contribution >= 0.6 is 0 Å². The number of likely N-dealkylation sites (tertiary alicyclic amines) is 1. The highest BCUT2D eigenvalue weighted by Gasteiger charge is 2.40. The molecule has 1 N–H and O–H groups in total. The van der Waals surface area contributed by atoms with Gasteiger partial charge in [0.15, 0.2) is 11.6 Å². The third-order valence-electron chi connectivity index (χ3n) is 5.58. The maximum absolute atomic E-state index is 13.9. The van der Waals surface area contributed by atoms with E-state index in [9.17, 15) is 8.78 Å². The molecule has 0 bridgehead atoms. The van der Waals surface area contributed by atoms with Crippen LogP contribution in [-0.4, -0.2) is 46.2 Å². The van der Waals surface area contributed by atoms with Crippen LogP contribution in [0.15, 0.2) is 36.7 Å². The molecule has 1 unspecified atom stereocenters. The lowest BCUT2D eigenvalue weighted by Gasteiger charge is -2.46. The van der Waals surface area contributed by atoms with Crippen LogP contribution in [0.25, 0.3) is 0 Å². The van der Waals surface area contributed by atoms with Crippen molar-refractivity contribution in [1.29, 1.82) is 0 Å². The topological polar surface area (TPSA) is 50.3 Å². The zero-order valence-electron chi connectivity index (χ0n) is 15.2. The number of ether oxygens (including phenoxy) is 1. The number of nitrogens with zero attached hydrogens (tertiary/aromatic N) is 3. The van der Waals surface area contributed by atoms with Crippen molar-refractivity contribution in [2.45, 2.75) is 43.9 Å². The van der Waals surface area contributed by atoms with Gasteiger partial charge in [0.1, 0.15) is 0 Å². The minimum atomic E-state index is -0.784. The monoisotopic (exact) mass is 374 g/mol. The Morgan fingerprint density at radius 3 is 2.70 bits per heavy atom. The van der Waals surface area contributed by atoms with Gasteiger partial charge in [0, 0.05) is 50.2 Å². The molecule has 2 fully saturated rings. The summed E-state index contributed by atoms with van der Waals surface area (Å²) >= 11 is 0. The number of nitrogens with one attached hydrogen (secondary N) is 1. The molecule has 2 saturated heterocycles. The van der Waals surface area contributed by atoms with Gasteiger partial charge in [-0.2, -0.15) is 0 Å². The Labute approximate surface area is 157 Å². The summed E-state index contributed by atoms with van der Waals surface area (Å²) in [4.78, 5) is 10.7. The number of hydrogen-bond acceptors (Lipinski definition) is 5. The molecule has 5 nitrogen and oxygen atoms in total. The molecule has 7 heteroatoms. The summed E-state index contributed by atoms with van der Waals surface area (Å²) in [7, 11) is 0. The fourth-order valence-electron chi connectivity index (χ4n) is 4.09. The van der Waals surface area contributed by atoms with Gasteiger partial charge in [-0.1, -0.05) is 12.1 Å². The van der Waals surface area contributed by atoms with Gasteiger partial charge in [-0.15, -0.1) is 0 Å². The Morgan fingerprint density at radius 1 is 1.15 bits per heavy atom. The first-order chi connectivity index (χ1) is 13.1. The number of anilines is 1. The third kappa shape index (κ3) is 4.25. The third-order valence-corrected chi connectivity index (χ3v) is 5.58. The molecule has 2 aliphatic heterocycles. The predicted octanol–water partition coefficient (Wildman–Crippen LogP) is 3.38. The van der Waals surface area contributed by atoms with Crippen molar-refractivity contribution >= 4 is 5.95 Å². The van der Waals surface area contributed by atoms with Gasteiger partial charge in [0.05, 0.1) is 5.60 Å². The highest BCUT2D eigenvalue weighted by atomic mass is 19.2. The molecule has 3 heterocycles. The highest BCUT2D eigenvalue weighted by Crippen LogP contribution is 2.36. The van der Waals surface area contributed by atoms with Crippen LogP contribution in [0.5, 0.6) is 0 Å². The number of rotatable bonds is 4. The van der Waals surface area contributed by atoms with Gasteiger partial charge in [0.2, 0.25) is 5.95 Å². The smallest absolute Gasteiger partial charge is 0.222 e. The Bertz CT molecular complexity index is 766. The van der Waals surface area contributed by atoms with Crippen LogP contribution < -0.4 is 5.32 Å². The second-order valence-corrected chi connectivity index (χ2v) is 7.43. The molecule has 1 spiro atoms. The maximum atomic E-state index is 13.9. The summed E-state index contributed by atoms with van der Waals surface area (Å²) in [6.45, 7) is 2.76. The van der Waals surface area contributed by atoms with E-state index in [0.717, 1.165) is 44.8 Å². The Balaban J connectivity index is 1.34. The van der Waals surface area contributed by atoms with Crippen molar-refractivity contribution in [1.82, 2.24) is 14.9 Å². The standard InChI is InChI=1S/C20H24F2N4O/c21-17-4-1-3-15(18(17)22)14-26-10-6-20(7-11-26)13-16(5-12-27-20)25-19-23-8-2-9-24-19/h1-4,8-9,16H,5-7,10-14H2,(H,23,24,25). The van der Waals surface area contributed by atoms with Crippen LogP contribution in [0.4, 0.5) is 14.7 Å². The molecule has 0 amide bonds. The van der Waals surface area contributed by atoms with Crippen molar-refractivity contribution in [2.24, 2.45) is 0 Å². The van der Waals surface area contributed by atoms with Gasteiger partial charge < -0.3 is 10.1 Å². The van der Waals surface area contributed by atoms with Gasteiger partial charge in [-0.25, -0.2) is 18.7 Å². The normalized spacial score (nSPS) is 22.7. The molecule has 1 atom stereocenters. The minimum Gasteiger partial charge on any atom is -0.375 e. The minimum absolute atomic E-state index is 0.151. The molecule has 0 radical (unpaired) electrons. The predicted molar refractivity (Wildman–Crippen MR) is 98.2 cm³/mol. The highest BCUT2D eigenvalue weighted by molar-refractivity contribution is 5.25. The largest absolute Gasteiger partial charge is 0.375 e. The van der Waals surface area contributed by atoms with Crippen LogP contribution in [0.3, 0.4) is 0 Å². The molecule has 2 aliphatic rings. The first-order valence-electron chi connectivity index (χ1n) is 9.46. The summed E-state index contributed by atoms with van der Waals surface area (Å²) in [5.41, 5.74) is 0.262. The SMILES string of the molecule is Fc1cccc(CN2CCC3(CC2)CC(Nc2ncccn2)CCO3)c1F. The lowest BCUT2D eigenvalue weighted by atomic mass is 9.82. The van der Waals surface area contributed by atoms with Gasteiger partial charge in [0.25, 0.3) is 0 Å². The van der Waals surface area contributed by atoms with E-state index in [-0.39, 0.29) is 11.6 Å². The summed E-state index contributed by atoms with van der Waals surface area (Å²) < 4.78 is 33.5. The van der Waals surface area contributed by atoms with E-state index in [1.807, 2.05) is 0 Å². The van der Waals surface area contributed by atoms with E-state index in [4.69, 9.17) is 4.74 Å². The van der Waals surface area contributed by atoms with E-state index >= 15 is 0 Å². The van der Waals surface area contributed by atoms with Gasteiger partial charge in [-0.05, 0) is 37.8 Å². The number of aromatic nitrogens is 2. The second kappa shape index (κ2) is 7.86. The molecule has 144 valence electrons. The number of hydrogen-bond donors (Lipinski definition) is 1. The summed E-state index contributed by atoms with van der Waals surface area (Å²) in [6.07, 6.45) is 7.07. The Kier molecular flexibility index (Phi) is 5.31. The Morgan fingerprint density at radius 2 is 1.93 bits per heavy atom. The number of piperidine rings is 1. The fraction of sp³-hybridized carbons (Fsp3) is 0.500. The summed E-state index contributed by atoms with van der Waals surface area (Å²) in [6, 6.07) is 6.45. The van der Waals surface area contributed by atoms with Crippen LogP contribution in [0.1, 0.15) is 31.2 Å².